The molecule has 3 aliphatic rings. The number of hydrogen-bond acceptors (Lipinski definition) is 4. The lowest BCUT2D eigenvalue weighted by Crippen LogP contribution is -2.49. The molecule has 2 saturated carbocycles. The van der Waals surface area contributed by atoms with Gasteiger partial charge >= 0.3 is 0 Å². The van der Waals surface area contributed by atoms with Gasteiger partial charge in [-0.05, 0) is 43.6 Å². The normalized spacial score (nSPS) is 47.8. The third-order valence-corrected chi connectivity index (χ3v) is 5.35. The smallest absolute Gasteiger partial charge is 0.126 e. The molecule has 0 aromatic heterocycles. The van der Waals surface area contributed by atoms with Gasteiger partial charge in [0.05, 0.1) is 17.8 Å². The van der Waals surface area contributed by atoms with E-state index in [1.54, 1.807) is 7.11 Å². The Labute approximate surface area is 112 Å². The molecule has 1 N–H and O–H groups in total. The van der Waals surface area contributed by atoms with Gasteiger partial charge in [-0.1, -0.05) is 5.11 Å². The maximum Gasteiger partial charge on any atom is 0.126 e. The summed E-state index contributed by atoms with van der Waals surface area (Å²) in [6, 6.07) is 0. The fourth-order valence-corrected chi connectivity index (χ4v) is 4.27. The highest BCUT2D eigenvalue weighted by molar-refractivity contribution is 5.24. The van der Waals surface area contributed by atoms with Crippen LogP contribution in [0.2, 0.25) is 0 Å². The Morgan fingerprint density at radius 2 is 2.32 bits per heavy atom. The third-order valence-electron chi connectivity index (χ3n) is 5.35. The van der Waals surface area contributed by atoms with Crippen LogP contribution in [-0.2, 0) is 9.47 Å². The first-order valence-electron chi connectivity index (χ1n) is 7.10. The lowest BCUT2D eigenvalue weighted by atomic mass is 9.75. The van der Waals surface area contributed by atoms with Gasteiger partial charge in [-0.15, -0.1) is 0 Å². The molecule has 0 aromatic rings. The van der Waals surface area contributed by atoms with Gasteiger partial charge in [0.15, 0.2) is 0 Å². The van der Waals surface area contributed by atoms with Gasteiger partial charge in [0, 0.05) is 25.0 Å². The van der Waals surface area contributed by atoms with Gasteiger partial charge in [0.2, 0.25) is 0 Å². The standard InChI is InChI=1S/C13H21N3O3/c1-18-10-3-2-9(5-7-15-16-14)12(17)6-4-11-13(12,8-10)19-11/h9-11,17H,2-8H2,1H3/t9-,10-,11+,12+,13+/m0/s1. The lowest BCUT2D eigenvalue weighted by Gasteiger charge is -2.37. The van der Waals surface area contributed by atoms with Gasteiger partial charge in [0.25, 0.3) is 0 Å². The van der Waals surface area contributed by atoms with E-state index in [2.05, 4.69) is 10.0 Å². The maximum atomic E-state index is 11.1. The summed E-state index contributed by atoms with van der Waals surface area (Å²) in [5, 5.41) is 14.8. The largest absolute Gasteiger partial charge is 0.386 e. The Morgan fingerprint density at radius 3 is 3.00 bits per heavy atom. The van der Waals surface area contributed by atoms with Gasteiger partial charge in [-0.3, -0.25) is 0 Å². The minimum atomic E-state index is -0.754. The van der Waals surface area contributed by atoms with E-state index in [-0.39, 0.29) is 23.7 Å². The number of nitrogens with zero attached hydrogens (tertiary/aromatic N) is 3. The summed E-state index contributed by atoms with van der Waals surface area (Å²) in [7, 11) is 1.73. The molecule has 1 heterocycles. The van der Waals surface area contributed by atoms with Crippen LogP contribution < -0.4 is 0 Å². The van der Waals surface area contributed by atoms with Crippen LogP contribution in [0, 0.1) is 5.92 Å². The van der Waals surface area contributed by atoms with Crippen LogP contribution in [0.3, 0.4) is 0 Å². The third kappa shape index (κ3) is 1.86. The highest BCUT2D eigenvalue weighted by Crippen LogP contribution is 2.63. The molecule has 19 heavy (non-hydrogen) atoms. The maximum absolute atomic E-state index is 11.1. The molecule has 3 rings (SSSR count). The molecule has 106 valence electrons. The Balaban J connectivity index is 1.81. The van der Waals surface area contributed by atoms with Crippen LogP contribution in [0.4, 0.5) is 0 Å². The molecule has 6 nitrogen and oxygen atoms in total. The molecule has 1 saturated heterocycles. The van der Waals surface area contributed by atoms with Crippen molar-refractivity contribution in [1.29, 1.82) is 0 Å². The first-order chi connectivity index (χ1) is 9.16. The molecule has 0 bridgehead atoms. The Bertz CT molecular complexity index is 412. The van der Waals surface area contributed by atoms with E-state index < -0.39 is 5.60 Å². The Kier molecular flexibility index (Phi) is 3.21. The summed E-state index contributed by atoms with van der Waals surface area (Å²) < 4.78 is 11.4. The molecular formula is C13H21N3O3. The number of aliphatic hydroxyl groups is 1. The van der Waals surface area contributed by atoms with Crippen molar-refractivity contribution in [1.82, 2.24) is 0 Å². The predicted molar refractivity (Wildman–Crippen MR) is 68.6 cm³/mol. The van der Waals surface area contributed by atoms with E-state index in [0.717, 1.165) is 38.5 Å². The van der Waals surface area contributed by atoms with Crippen LogP contribution in [0.1, 0.15) is 38.5 Å². The molecule has 0 aromatic carbocycles. The molecule has 2 aliphatic carbocycles. The van der Waals surface area contributed by atoms with Crippen molar-refractivity contribution in [3.63, 3.8) is 0 Å². The molecule has 3 fully saturated rings. The minimum absolute atomic E-state index is 0.144. The zero-order valence-corrected chi connectivity index (χ0v) is 11.3. The highest BCUT2D eigenvalue weighted by atomic mass is 16.6. The zero-order valence-electron chi connectivity index (χ0n) is 11.3. The summed E-state index contributed by atoms with van der Waals surface area (Å²) in [6.07, 6.45) is 5.48. The molecule has 0 unspecified atom stereocenters. The number of epoxide rings is 1. The molecular weight excluding hydrogens is 246 g/mol. The van der Waals surface area contributed by atoms with Crippen molar-refractivity contribution in [3.8, 4) is 0 Å². The second-order valence-corrected chi connectivity index (χ2v) is 6.04. The molecule has 1 spiro atoms. The average Bonchev–Trinajstić information content (AvgIpc) is 3.08. The second kappa shape index (κ2) is 4.63. The monoisotopic (exact) mass is 267 g/mol. The lowest BCUT2D eigenvalue weighted by molar-refractivity contribution is -0.0913. The van der Waals surface area contributed by atoms with E-state index in [9.17, 15) is 5.11 Å². The first-order valence-corrected chi connectivity index (χ1v) is 7.10. The van der Waals surface area contributed by atoms with Crippen molar-refractivity contribution < 1.29 is 14.6 Å². The topological polar surface area (TPSA) is 90.8 Å². The van der Waals surface area contributed by atoms with Crippen molar-refractivity contribution in [2.45, 2.75) is 61.9 Å². The van der Waals surface area contributed by atoms with Gasteiger partial charge in [-0.25, -0.2) is 0 Å². The first kappa shape index (κ1) is 13.2. The summed E-state index contributed by atoms with van der Waals surface area (Å²) >= 11 is 0. The number of ether oxygens (including phenoxy) is 2. The van der Waals surface area contributed by atoms with Crippen LogP contribution in [0.5, 0.6) is 0 Å². The molecule has 6 heteroatoms. The van der Waals surface area contributed by atoms with Crippen LogP contribution >= 0.6 is 0 Å². The van der Waals surface area contributed by atoms with Crippen molar-refractivity contribution in [2.24, 2.45) is 11.0 Å². The second-order valence-electron chi connectivity index (χ2n) is 6.04. The molecule has 0 radical (unpaired) electrons. The highest BCUT2D eigenvalue weighted by Gasteiger charge is 2.75. The van der Waals surface area contributed by atoms with Crippen LogP contribution in [-0.4, -0.2) is 42.2 Å². The number of azide groups is 1. The quantitative estimate of drug-likeness (QED) is 0.366. The van der Waals surface area contributed by atoms with E-state index in [1.807, 2.05) is 0 Å². The van der Waals surface area contributed by atoms with Crippen molar-refractivity contribution in [3.05, 3.63) is 10.4 Å². The molecule has 5 atom stereocenters. The summed E-state index contributed by atoms with van der Waals surface area (Å²) in [6.45, 7) is 0.446. The van der Waals surface area contributed by atoms with E-state index in [0.29, 0.717) is 6.54 Å². The van der Waals surface area contributed by atoms with Crippen molar-refractivity contribution in [2.75, 3.05) is 13.7 Å². The Morgan fingerprint density at radius 1 is 1.47 bits per heavy atom. The SMILES string of the molecule is CO[C@H]1CC[C@@H](CCN=[N+]=[N-])[C@]2(O)CC[C@H]3O[C@]32C1. The molecule has 0 amide bonds. The fraction of sp³-hybridized carbons (Fsp3) is 1.00. The summed E-state index contributed by atoms with van der Waals surface area (Å²) in [4.78, 5) is 2.80. The van der Waals surface area contributed by atoms with E-state index >= 15 is 0 Å². The van der Waals surface area contributed by atoms with Crippen molar-refractivity contribution >= 4 is 0 Å². The number of rotatable bonds is 4. The van der Waals surface area contributed by atoms with Gasteiger partial charge in [0.1, 0.15) is 5.60 Å². The van der Waals surface area contributed by atoms with E-state index in [1.165, 1.54) is 0 Å². The summed E-state index contributed by atoms with van der Waals surface area (Å²) in [5.74, 6) is 0.144. The predicted octanol–water partition coefficient (Wildman–Crippen LogP) is 2.16. The summed E-state index contributed by atoms with van der Waals surface area (Å²) in [5.41, 5.74) is 7.26. The van der Waals surface area contributed by atoms with Gasteiger partial charge < -0.3 is 14.6 Å². The van der Waals surface area contributed by atoms with Crippen LogP contribution in [0.15, 0.2) is 5.11 Å². The number of hydrogen-bond donors (Lipinski definition) is 1. The fourth-order valence-electron chi connectivity index (χ4n) is 4.27. The van der Waals surface area contributed by atoms with Crippen LogP contribution in [0.25, 0.3) is 10.4 Å². The van der Waals surface area contributed by atoms with Gasteiger partial charge in [-0.2, -0.15) is 0 Å². The molecule has 1 aliphatic heterocycles. The number of methoxy groups -OCH3 is 1. The minimum Gasteiger partial charge on any atom is -0.386 e. The zero-order chi connectivity index (χ0) is 13.5. The Hall–Kier alpha value is -0.810. The average molecular weight is 267 g/mol. The van der Waals surface area contributed by atoms with E-state index in [4.69, 9.17) is 15.0 Å².